The summed E-state index contributed by atoms with van der Waals surface area (Å²) in [7, 11) is -2.34. The van der Waals surface area contributed by atoms with Gasteiger partial charge in [0.15, 0.2) is 28.7 Å². The molecule has 194 valence electrons. The summed E-state index contributed by atoms with van der Waals surface area (Å²) in [6.45, 7) is 4.46. The van der Waals surface area contributed by atoms with Crippen LogP contribution in [0.5, 0.6) is 11.5 Å². The molecule has 0 saturated heterocycles. The Labute approximate surface area is 209 Å². The number of benzene rings is 1. The fourth-order valence-electron chi connectivity index (χ4n) is 3.21. The number of furan rings is 1. The molecule has 1 amide bonds. The third kappa shape index (κ3) is 5.07. The van der Waals surface area contributed by atoms with Crippen LogP contribution in [0.1, 0.15) is 36.9 Å². The van der Waals surface area contributed by atoms with Crippen molar-refractivity contribution in [3.8, 4) is 11.5 Å². The summed E-state index contributed by atoms with van der Waals surface area (Å²) in [4.78, 5) is 30.3. The zero-order valence-electron chi connectivity index (χ0n) is 19.9. The van der Waals surface area contributed by atoms with Crippen molar-refractivity contribution in [2.24, 2.45) is 0 Å². The van der Waals surface area contributed by atoms with E-state index in [1.54, 1.807) is 0 Å². The second-order valence-corrected chi connectivity index (χ2v) is 10.6. The number of nitrogens with zero attached hydrogens (tertiary/aromatic N) is 2. The number of fused-ring (bicyclic) bond motifs is 1. The van der Waals surface area contributed by atoms with Gasteiger partial charge in [-0.05, 0) is 26.8 Å². The summed E-state index contributed by atoms with van der Waals surface area (Å²) in [6, 6.07) is 2.00. The van der Waals surface area contributed by atoms with Gasteiger partial charge in [-0.25, -0.2) is 27.0 Å². The van der Waals surface area contributed by atoms with Gasteiger partial charge in [-0.1, -0.05) is 11.6 Å². The fourth-order valence-corrected chi connectivity index (χ4v) is 4.19. The first-order valence-corrected chi connectivity index (χ1v) is 12.3. The van der Waals surface area contributed by atoms with Crippen molar-refractivity contribution < 1.29 is 45.4 Å². The molecule has 2 heterocycles. The Kier molecular flexibility index (Phi) is 7.19. The normalized spacial score (nSPS) is 11.9. The number of rotatable bonds is 6. The number of methoxy groups -OCH3 is 2. The zero-order valence-corrected chi connectivity index (χ0v) is 21.5. The van der Waals surface area contributed by atoms with Crippen molar-refractivity contribution in [1.82, 2.24) is 4.98 Å². The number of pyridine rings is 1. The molecule has 36 heavy (non-hydrogen) atoms. The van der Waals surface area contributed by atoms with Crippen LogP contribution in [0.3, 0.4) is 0 Å². The van der Waals surface area contributed by atoms with Crippen molar-refractivity contribution in [1.29, 1.82) is 0 Å². The molecule has 2 aromatic heterocycles. The Balaban J connectivity index is 2.41. The van der Waals surface area contributed by atoms with Gasteiger partial charge in [0, 0.05) is 6.07 Å². The molecule has 0 saturated carbocycles. The summed E-state index contributed by atoms with van der Waals surface area (Å²) in [5.41, 5.74) is -3.20. The van der Waals surface area contributed by atoms with Gasteiger partial charge in [0.25, 0.3) is 0 Å². The summed E-state index contributed by atoms with van der Waals surface area (Å²) < 4.78 is 76.3. The zero-order chi connectivity index (χ0) is 27.2. The number of amides is 1. The SMILES string of the molecule is COc1cc(OC)c(F)c(C(=O)c2oc3cnc(Cl)cc3c2N(C(=O)OC(C)(C)C)S(C)(=O)=O)c1F. The highest BCUT2D eigenvalue weighted by Crippen LogP contribution is 2.40. The van der Waals surface area contributed by atoms with E-state index in [0.29, 0.717) is 6.26 Å². The summed E-state index contributed by atoms with van der Waals surface area (Å²) in [6.07, 6.45) is 0.313. The number of halogens is 3. The van der Waals surface area contributed by atoms with Crippen LogP contribution in [0.4, 0.5) is 19.3 Å². The largest absolute Gasteiger partial charge is 0.494 e. The molecular weight excluding hydrogens is 526 g/mol. The maximum Gasteiger partial charge on any atom is 0.429 e. The number of hydrogen-bond donors (Lipinski definition) is 0. The third-order valence-electron chi connectivity index (χ3n) is 4.62. The van der Waals surface area contributed by atoms with Crippen molar-refractivity contribution in [3.63, 3.8) is 0 Å². The first-order valence-electron chi connectivity index (χ1n) is 10.1. The first kappa shape index (κ1) is 27.1. The average Bonchev–Trinajstić information content (AvgIpc) is 3.10. The van der Waals surface area contributed by atoms with Crippen LogP contribution in [0, 0.1) is 11.6 Å². The molecule has 14 heteroatoms. The van der Waals surface area contributed by atoms with E-state index in [9.17, 15) is 18.0 Å². The summed E-state index contributed by atoms with van der Waals surface area (Å²) >= 11 is 5.96. The van der Waals surface area contributed by atoms with Crippen molar-refractivity contribution in [2.75, 3.05) is 24.8 Å². The average molecular weight is 547 g/mol. The molecular formula is C22H21ClF2N2O8S. The van der Waals surface area contributed by atoms with E-state index in [2.05, 4.69) is 4.98 Å². The van der Waals surface area contributed by atoms with Gasteiger partial charge < -0.3 is 18.6 Å². The molecule has 0 N–H and O–H groups in total. The highest BCUT2D eigenvalue weighted by atomic mass is 35.5. The van der Waals surface area contributed by atoms with Gasteiger partial charge in [0.1, 0.15) is 22.0 Å². The molecule has 10 nitrogen and oxygen atoms in total. The van der Waals surface area contributed by atoms with E-state index < -0.39 is 67.6 Å². The summed E-state index contributed by atoms with van der Waals surface area (Å²) in [5.74, 6) is -6.25. The number of carbonyl (C=O) groups is 2. The Morgan fingerprint density at radius 3 is 2.11 bits per heavy atom. The molecule has 1 aromatic carbocycles. The molecule has 3 aromatic rings. The predicted octanol–water partition coefficient (Wildman–Crippen LogP) is 4.71. The molecule has 0 aliphatic heterocycles. The minimum Gasteiger partial charge on any atom is -0.494 e. The van der Waals surface area contributed by atoms with E-state index in [1.807, 2.05) is 0 Å². The van der Waals surface area contributed by atoms with Crippen LogP contribution in [0.2, 0.25) is 5.15 Å². The van der Waals surface area contributed by atoms with Crippen molar-refractivity contribution >= 4 is 50.2 Å². The molecule has 0 fully saturated rings. The van der Waals surface area contributed by atoms with Crippen LogP contribution >= 0.6 is 11.6 Å². The molecule has 0 aliphatic carbocycles. The second-order valence-electron chi connectivity index (χ2n) is 8.40. The Morgan fingerprint density at radius 2 is 1.64 bits per heavy atom. The van der Waals surface area contributed by atoms with Crippen LogP contribution in [-0.4, -0.2) is 51.4 Å². The van der Waals surface area contributed by atoms with E-state index in [4.69, 9.17) is 30.2 Å². The third-order valence-corrected chi connectivity index (χ3v) is 5.82. The van der Waals surface area contributed by atoms with E-state index >= 15 is 8.78 Å². The van der Waals surface area contributed by atoms with E-state index in [1.165, 1.54) is 20.8 Å². The first-order chi connectivity index (χ1) is 16.6. The molecule has 0 aliphatic rings. The predicted molar refractivity (Wildman–Crippen MR) is 125 cm³/mol. The molecule has 0 bridgehead atoms. The number of sulfonamides is 1. The molecule has 0 spiro atoms. The number of ketones is 1. The Morgan fingerprint density at radius 1 is 1.08 bits per heavy atom. The standard InChI is InChI=1S/C22H21ClF2N2O8S/c1-22(2,3)35-21(29)27(36(6,30)31)18-10-7-14(23)26-9-13(10)34-20(18)19(28)15-16(24)11(32-4)8-12(33-5)17(15)25/h7-9H,1-6H3. The smallest absolute Gasteiger partial charge is 0.429 e. The number of aromatic nitrogens is 1. The van der Waals surface area contributed by atoms with Crippen LogP contribution in [-0.2, 0) is 14.8 Å². The number of anilines is 1. The maximum atomic E-state index is 15.1. The molecule has 0 radical (unpaired) electrons. The number of hydrogen-bond acceptors (Lipinski definition) is 9. The Bertz CT molecular complexity index is 1450. The Hall–Kier alpha value is -3.45. The van der Waals surface area contributed by atoms with Gasteiger partial charge in [-0.15, -0.1) is 0 Å². The second kappa shape index (κ2) is 9.54. The lowest BCUT2D eigenvalue weighted by Crippen LogP contribution is -2.41. The minimum absolute atomic E-state index is 0.151. The highest BCUT2D eigenvalue weighted by molar-refractivity contribution is 7.92. The molecule has 0 atom stereocenters. The number of ether oxygens (including phenoxy) is 3. The fraction of sp³-hybridized carbons (Fsp3) is 0.318. The van der Waals surface area contributed by atoms with Gasteiger partial charge in [-0.3, -0.25) is 4.79 Å². The molecule has 0 unspecified atom stereocenters. The molecule has 3 rings (SSSR count). The lowest BCUT2D eigenvalue weighted by molar-refractivity contribution is 0.0609. The number of carbonyl (C=O) groups excluding carboxylic acids is 2. The quantitative estimate of drug-likeness (QED) is 0.319. The van der Waals surface area contributed by atoms with Crippen molar-refractivity contribution in [3.05, 3.63) is 46.4 Å². The lowest BCUT2D eigenvalue weighted by Gasteiger charge is -2.25. The van der Waals surface area contributed by atoms with E-state index in [-0.39, 0.29) is 20.4 Å². The lowest BCUT2D eigenvalue weighted by atomic mass is 10.0. The van der Waals surface area contributed by atoms with Crippen molar-refractivity contribution in [2.45, 2.75) is 26.4 Å². The highest BCUT2D eigenvalue weighted by Gasteiger charge is 2.39. The van der Waals surface area contributed by atoms with Gasteiger partial charge >= 0.3 is 6.09 Å². The van der Waals surface area contributed by atoms with Crippen LogP contribution in [0.15, 0.2) is 22.7 Å². The van der Waals surface area contributed by atoms with Gasteiger partial charge in [-0.2, -0.15) is 4.31 Å². The van der Waals surface area contributed by atoms with Gasteiger partial charge in [0.05, 0.1) is 32.1 Å². The van der Waals surface area contributed by atoms with E-state index in [0.717, 1.165) is 32.5 Å². The maximum absolute atomic E-state index is 15.1. The monoisotopic (exact) mass is 546 g/mol. The minimum atomic E-state index is -4.50. The van der Waals surface area contributed by atoms with Crippen LogP contribution < -0.4 is 13.8 Å². The van der Waals surface area contributed by atoms with Crippen LogP contribution in [0.25, 0.3) is 11.0 Å². The van der Waals surface area contributed by atoms with Gasteiger partial charge in [0.2, 0.25) is 21.6 Å². The summed E-state index contributed by atoms with van der Waals surface area (Å²) in [5, 5.41) is -0.313. The topological polar surface area (TPSA) is 125 Å².